The zero-order valence-electron chi connectivity index (χ0n) is 18.1. The molecule has 1 unspecified atom stereocenters. The largest absolute Gasteiger partial charge is 0.512 e. The Morgan fingerprint density at radius 2 is 1.73 bits per heavy atom. The average Bonchev–Trinajstić information content (AvgIpc) is 3.06. The van der Waals surface area contributed by atoms with Crippen LogP contribution in [0, 0.1) is 26.6 Å². The van der Waals surface area contributed by atoms with Gasteiger partial charge in [0.1, 0.15) is 29.2 Å². The van der Waals surface area contributed by atoms with Gasteiger partial charge in [-0.25, -0.2) is 9.18 Å². The van der Waals surface area contributed by atoms with Gasteiger partial charge in [-0.05, 0) is 68.3 Å². The smallest absolute Gasteiger partial charge is 0.508 e. The van der Waals surface area contributed by atoms with Crippen LogP contribution in [0.2, 0.25) is 0 Å². The number of hydrogen-bond acceptors (Lipinski definition) is 5. The van der Waals surface area contributed by atoms with E-state index in [0.29, 0.717) is 28.1 Å². The summed E-state index contributed by atoms with van der Waals surface area (Å²) in [6, 6.07) is 11.7. The quantitative estimate of drug-likeness (QED) is 0.282. The number of aromatic hydroxyl groups is 1. The van der Waals surface area contributed by atoms with E-state index in [9.17, 15) is 19.4 Å². The number of ether oxygens (including phenoxy) is 2. The zero-order valence-corrected chi connectivity index (χ0v) is 18.1. The van der Waals surface area contributed by atoms with Gasteiger partial charge >= 0.3 is 6.16 Å². The standard InChI is InChI=1S/C25H22FNO6/c1-12-10-19-21(14(3)24(27-19)33-25(30)31)13(2)23(12)32-17-8-9-20(28)18(11-17)22(29)15-4-6-16(26)7-5-15/h4-11,22,27-29H,1-3H3,(H,30,31). The number of phenolic OH excluding ortho intramolecular Hbond substituents is 1. The number of aliphatic hydroxyl groups excluding tert-OH is 1. The second kappa shape index (κ2) is 8.48. The lowest BCUT2D eigenvalue weighted by molar-refractivity contribution is 0.142. The van der Waals surface area contributed by atoms with Crippen molar-refractivity contribution in [1.29, 1.82) is 0 Å². The van der Waals surface area contributed by atoms with Gasteiger partial charge in [-0.3, -0.25) is 0 Å². The van der Waals surface area contributed by atoms with Gasteiger partial charge in [0.25, 0.3) is 0 Å². The third-order valence-electron chi connectivity index (χ3n) is 5.56. The van der Waals surface area contributed by atoms with Crippen molar-refractivity contribution in [3.63, 3.8) is 0 Å². The maximum absolute atomic E-state index is 13.2. The molecule has 1 atom stereocenters. The lowest BCUT2D eigenvalue weighted by atomic mass is 10.00. The van der Waals surface area contributed by atoms with Crippen LogP contribution in [-0.4, -0.2) is 26.5 Å². The molecule has 0 aliphatic heterocycles. The van der Waals surface area contributed by atoms with E-state index in [1.807, 2.05) is 19.9 Å². The first kappa shape index (κ1) is 22.2. The number of rotatable bonds is 5. The van der Waals surface area contributed by atoms with Gasteiger partial charge in [-0.2, -0.15) is 0 Å². The molecule has 33 heavy (non-hydrogen) atoms. The zero-order chi connectivity index (χ0) is 23.9. The second-order valence-corrected chi connectivity index (χ2v) is 7.79. The molecule has 0 fully saturated rings. The molecule has 0 saturated heterocycles. The Hall–Kier alpha value is -4.04. The summed E-state index contributed by atoms with van der Waals surface area (Å²) < 4.78 is 24.2. The highest BCUT2D eigenvalue weighted by molar-refractivity contribution is 5.92. The number of halogens is 1. The minimum Gasteiger partial charge on any atom is -0.508 e. The van der Waals surface area contributed by atoms with E-state index in [2.05, 4.69) is 4.98 Å². The highest BCUT2D eigenvalue weighted by atomic mass is 19.1. The molecule has 0 spiro atoms. The Labute approximate surface area is 188 Å². The normalized spacial score (nSPS) is 12.0. The van der Waals surface area contributed by atoms with Crippen molar-refractivity contribution in [1.82, 2.24) is 4.98 Å². The molecule has 8 heteroatoms. The highest BCUT2D eigenvalue weighted by Gasteiger charge is 2.20. The Balaban J connectivity index is 1.72. The predicted octanol–water partition coefficient (Wildman–Crippen LogP) is 5.87. The number of carbonyl (C=O) groups is 1. The third-order valence-corrected chi connectivity index (χ3v) is 5.56. The molecule has 0 saturated carbocycles. The maximum Gasteiger partial charge on any atom is 0.512 e. The van der Waals surface area contributed by atoms with Crippen LogP contribution in [0.25, 0.3) is 10.9 Å². The second-order valence-electron chi connectivity index (χ2n) is 7.79. The van der Waals surface area contributed by atoms with Crippen LogP contribution in [0.1, 0.15) is 33.9 Å². The Morgan fingerprint density at radius 3 is 2.39 bits per heavy atom. The minimum atomic E-state index is -1.41. The van der Waals surface area contributed by atoms with Crippen molar-refractivity contribution in [3.05, 3.63) is 82.2 Å². The molecule has 3 aromatic carbocycles. The number of nitrogens with one attached hydrogen (secondary N) is 1. The molecule has 0 bridgehead atoms. The number of fused-ring (bicyclic) bond motifs is 1. The molecule has 0 aliphatic rings. The molecule has 1 heterocycles. The number of H-pyrrole nitrogens is 1. The first-order valence-corrected chi connectivity index (χ1v) is 10.1. The summed E-state index contributed by atoms with van der Waals surface area (Å²) in [7, 11) is 0. The number of benzene rings is 3. The third kappa shape index (κ3) is 4.20. The topological polar surface area (TPSA) is 112 Å². The van der Waals surface area contributed by atoms with E-state index in [4.69, 9.17) is 14.6 Å². The molecule has 7 nitrogen and oxygen atoms in total. The van der Waals surface area contributed by atoms with Gasteiger partial charge in [0.05, 0.1) is 0 Å². The SMILES string of the molecule is Cc1cc2[nH]c(OC(=O)O)c(C)c2c(C)c1Oc1ccc(O)c(C(O)c2ccc(F)cc2)c1. The van der Waals surface area contributed by atoms with Crippen molar-refractivity contribution in [2.45, 2.75) is 26.9 Å². The van der Waals surface area contributed by atoms with Crippen molar-refractivity contribution < 1.29 is 34.0 Å². The summed E-state index contributed by atoms with van der Waals surface area (Å²) in [6.45, 7) is 5.45. The lowest BCUT2D eigenvalue weighted by Crippen LogP contribution is -2.03. The molecule has 170 valence electrons. The first-order chi connectivity index (χ1) is 15.7. The summed E-state index contributed by atoms with van der Waals surface area (Å²) in [5, 5.41) is 30.7. The fourth-order valence-electron chi connectivity index (χ4n) is 3.98. The van der Waals surface area contributed by atoms with E-state index in [-0.39, 0.29) is 17.2 Å². The van der Waals surface area contributed by atoms with E-state index >= 15 is 0 Å². The number of hydrogen-bond donors (Lipinski definition) is 4. The van der Waals surface area contributed by atoms with E-state index in [1.165, 1.54) is 36.4 Å². The number of aryl methyl sites for hydroxylation is 3. The van der Waals surface area contributed by atoms with Crippen LogP contribution in [0.5, 0.6) is 23.1 Å². The van der Waals surface area contributed by atoms with Crippen molar-refractivity contribution in [2.24, 2.45) is 0 Å². The summed E-state index contributed by atoms with van der Waals surface area (Å²) in [5.74, 6) is 0.529. The summed E-state index contributed by atoms with van der Waals surface area (Å²) in [5.41, 5.74) is 3.54. The van der Waals surface area contributed by atoms with Crippen LogP contribution >= 0.6 is 0 Å². The summed E-state index contributed by atoms with van der Waals surface area (Å²) in [6.07, 6.45) is -2.59. The molecule has 0 aliphatic carbocycles. The number of aliphatic hydroxyl groups is 1. The minimum absolute atomic E-state index is 0.125. The highest BCUT2D eigenvalue weighted by Crippen LogP contribution is 2.40. The van der Waals surface area contributed by atoms with Gasteiger partial charge in [-0.1, -0.05) is 12.1 Å². The monoisotopic (exact) mass is 451 g/mol. The van der Waals surface area contributed by atoms with Gasteiger partial charge in [0, 0.05) is 27.6 Å². The molecule has 1 aromatic heterocycles. The summed E-state index contributed by atoms with van der Waals surface area (Å²) in [4.78, 5) is 13.9. The number of phenols is 1. The van der Waals surface area contributed by atoms with Gasteiger partial charge in [0.2, 0.25) is 5.88 Å². The molecule has 4 aromatic rings. The van der Waals surface area contributed by atoms with E-state index in [0.717, 1.165) is 16.5 Å². The van der Waals surface area contributed by atoms with Gasteiger partial charge in [0.15, 0.2) is 0 Å². The van der Waals surface area contributed by atoms with E-state index in [1.54, 1.807) is 13.0 Å². The molecule has 0 radical (unpaired) electrons. The van der Waals surface area contributed by atoms with Crippen molar-refractivity contribution in [2.75, 3.05) is 0 Å². The molecule has 4 rings (SSSR count). The van der Waals surface area contributed by atoms with Gasteiger partial charge in [-0.15, -0.1) is 0 Å². The maximum atomic E-state index is 13.2. The Kier molecular flexibility index (Phi) is 5.69. The van der Waals surface area contributed by atoms with Crippen molar-refractivity contribution in [3.8, 4) is 23.1 Å². The Morgan fingerprint density at radius 1 is 1.03 bits per heavy atom. The molecule has 0 amide bonds. The lowest BCUT2D eigenvalue weighted by Gasteiger charge is -2.17. The number of aromatic amines is 1. The van der Waals surface area contributed by atoms with Crippen LogP contribution in [0.15, 0.2) is 48.5 Å². The van der Waals surface area contributed by atoms with Crippen LogP contribution < -0.4 is 9.47 Å². The fraction of sp³-hybridized carbons (Fsp3) is 0.160. The van der Waals surface area contributed by atoms with Crippen LogP contribution in [0.3, 0.4) is 0 Å². The summed E-state index contributed by atoms with van der Waals surface area (Å²) >= 11 is 0. The van der Waals surface area contributed by atoms with Crippen LogP contribution in [0.4, 0.5) is 9.18 Å². The Bertz CT molecular complexity index is 1360. The van der Waals surface area contributed by atoms with E-state index < -0.39 is 18.1 Å². The molecular weight excluding hydrogens is 429 g/mol. The molecular formula is C25H22FNO6. The molecule has 4 N–H and O–H groups in total. The number of carboxylic acid groups (broad SMARTS) is 1. The van der Waals surface area contributed by atoms with Crippen LogP contribution in [-0.2, 0) is 0 Å². The van der Waals surface area contributed by atoms with Gasteiger partial charge < -0.3 is 29.8 Å². The fourth-order valence-corrected chi connectivity index (χ4v) is 3.98. The first-order valence-electron chi connectivity index (χ1n) is 10.1. The predicted molar refractivity (Wildman–Crippen MR) is 120 cm³/mol. The van der Waals surface area contributed by atoms with Crippen molar-refractivity contribution >= 4 is 17.1 Å². The number of aromatic nitrogens is 1. The average molecular weight is 451 g/mol.